The highest BCUT2D eigenvalue weighted by molar-refractivity contribution is 6.05. The second kappa shape index (κ2) is 9.87. The molecule has 1 fully saturated rings. The van der Waals surface area contributed by atoms with Crippen molar-refractivity contribution in [3.8, 4) is 17.1 Å². The Bertz CT molecular complexity index is 1310. The minimum Gasteiger partial charge on any atom is -0.475 e. The Morgan fingerprint density at radius 2 is 2.00 bits per heavy atom. The van der Waals surface area contributed by atoms with E-state index in [2.05, 4.69) is 20.2 Å². The van der Waals surface area contributed by atoms with Gasteiger partial charge in [-0.25, -0.2) is 4.79 Å². The van der Waals surface area contributed by atoms with Gasteiger partial charge >= 0.3 is 12.2 Å². The van der Waals surface area contributed by atoms with Gasteiger partial charge in [0.15, 0.2) is 0 Å². The van der Waals surface area contributed by atoms with Crippen LogP contribution in [0.3, 0.4) is 0 Å². The zero-order chi connectivity index (χ0) is 26.2. The van der Waals surface area contributed by atoms with E-state index in [4.69, 9.17) is 9.84 Å². The van der Waals surface area contributed by atoms with Crippen molar-refractivity contribution < 1.29 is 32.9 Å². The molecule has 2 atom stereocenters. The summed E-state index contributed by atoms with van der Waals surface area (Å²) in [4.78, 5) is 25.8. The number of amides is 2. The second-order valence-electron chi connectivity index (χ2n) is 8.83. The first-order valence-electron chi connectivity index (χ1n) is 11.6. The summed E-state index contributed by atoms with van der Waals surface area (Å²) >= 11 is 0. The largest absolute Gasteiger partial charge is 0.475 e. The molecular weight excluding hydrogens is 491 g/mol. The summed E-state index contributed by atoms with van der Waals surface area (Å²) < 4.78 is 45.1. The molecule has 0 unspecified atom stereocenters. The van der Waals surface area contributed by atoms with Crippen LogP contribution in [-0.2, 0) is 6.18 Å². The lowest BCUT2D eigenvalue weighted by Gasteiger charge is -2.36. The summed E-state index contributed by atoms with van der Waals surface area (Å²) in [7, 11) is 0. The number of alkyl halides is 3. The SMILES string of the molecule is O=C(Nc1cccc(OC[C@@H](O)CO)n1)N1c2cc(-c3cccc(C(F)(F)F)c3)ncc2N2CC[C@H]1C2. The zero-order valence-electron chi connectivity index (χ0n) is 19.5. The topological polar surface area (TPSA) is 111 Å². The molecule has 2 bridgehead atoms. The van der Waals surface area contributed by atoms with Crippen LogP contribution >= 0.6 is 0 Å². The second-order valence-corrected chi connectivity index (χ2v) is 8.83. The highest BCUT2D eigenvalue weighted by Gasteiger charge is 2.40. The van der Waals surface area contributed by atoms with Crippen molar-refractivity contribution in [1.82, 2.24) is 9.97 Å². The van der Waals surface area contributed by atoms with E-state index in [1.807, 2.05) is 0 Å². The van der Waals surface area contributed by atoms with Gasteiger partial charge in [0.2, 0.25) is 5.88 Å². The van der Waals surface area contributed by atoms with Crippen LogP contribution in [0.1, 0.15) is 12.0 Å². The molecule has 1 saturated heterocycles. The highest BCUT2D eigenvalue weighted by atomic mass is 19.4. The Morgan fingerprint density at radius 3 is 2.78 bits per heavy atom. The van der Waals surface area contributed by atoms with Crippen LogP contribution in [0.25, 0.3) is 11.3 Å². The monoisotopic (exact) mass is 515 g/mol. The van der Waals surface area contributed by atoms with Crippen LogP contribution in [0.5, 0.6) is 5.88 Å². The number of aliphatic hydroxyl groups is 2. The third-order valence-corrected chi connectivity index (χ3v) is 6.29. The summed E-state index contributed by atoms with van der Waals surface area (Å²) in [5.74, 6) is 0.377. The van der Waals surface area contributed by atoms with Gasteiger partial charge in [0.05, 0.1) is 41.5 Å². The molecule has 1 aromatic carbocycles. The Balaban J connectivity index is 1.42. The predicted octanol–water partition coefficient (Wildman–Crippen LogP) is 3.53. The number of benzene rings is 1. The normalized spacial score (nSPS) is 17.4. The summed E-state index contributed by atoms with van der Waals surface area (Å²) in [6.45, 7) is 0.714. The van der Waals surface area contributed by atoms with Gasteiger partial charge < -0.3 is 19.8 Å². The van der Waals surface area contributed by atoms with Gasteiger partial charge in [-0.05, 0) is 30.7 Å². The summed E-state index contributed by atoms with van der Waals surface area (Å²) in [5.41, 5.74) is 1.11. The average molecular weight is 515 g/mol. The van der Waals surface area contributed by atoms with Crippen molar-refractivity contribution in [2.45, 2.75) is 24.7 Å². The standard InChI is InChI=1S/C25H24F3N5O4/c26-25(27,28)16-4-1-3-15(9-16)19-10-20-21(11-29-19)32-8-7-17(12-32)33(20)24(36)31-22-5-2-6-23(30-22)37-14-18(35)13-34/h1-6,9-11,17-18,34-35H,7-8,12-14H2,(H,30,31,36)/t17-,18-/m0/s1. The summed E-state index contributed by atoms with van der Waals surface area (Å²) in [6.07, 6.45) is -3.24. The number of anilines is 3. The van der Waals surface area contributed by atoms with Gasteiger partial charge in [-0.2, -0.15) is 18.2 Å². The van der Waals surface area contributed by atoms with E-state index < -0.39 is 30.5 Å². The van der Waals surface area contributed by atoms with E-state index in [1.165, 1.54) is 6.07 Å². The van der Waals surface area contributed by atoms with E-state index in [0.717, 1.165) is 30.8 Å². The molecule has 2 aromatic heterocycles. The third kappa shape index (κ3) is 5.16. The number of urea groups is 1. The molecule has 2 aliphatic heterocycles. The van der Waals surface area contributed by atoms with E-state index in [9.17, 15) is 23.1 Å². The molecule has 0 aliphatic carbocycles. The smallest absolute Gasteiger partial charge is 0.416 e. The number of carbonyl (C=O) groups is 1. The molecule has 37 heavy (non-hydrogen) atoms. The quantitative estimate of drug-likeness (QED) is 0.461. The average Bonchev–Trinajstić information content (AvgIpc) is 3.31. The molecule has 5 rings (SSSR count). The number of hydrogen-bond donors (Lipinski definition) is 3. The van der Waals surface area contributed by atoms with E-state index in [0.29, 0.717) is 23.5 Å². The van der Waals surface area contributed by atoms with Crippen LogP contribution in [0.15, 0.2) is 54.7 Å². The number of hydrogen-bond acceptors (Lipinski definition) is 7. The van der Waals surface area contributed by atoms with Gasteiger partial charge in [-0.15, -0.1) is 0 Å². The number of aromatic nitrogens is 2. The fourth-order valence-electron chi connectivity index (χ4n) is 4.50. The number of fused-ring (bicyclic) bond motifs is 4. The van der Waals surface area contributed by atoms with Gasteiger partial charge in [-0.1, -0.05) is 18.2 Å². The Kier molecular flexibility index (Phi) is 6.61. The van der Waals surface area contributed by atoms with Crippen LogP contribution in [-0.4, -0.2) is 64.7 Å². The molecular formula is C25H24F3N5O4. The van der Waals surface area contributed by atoms with Crippen LogP contribution in [0.2, 0.25) is 0 Å². The van der Waals surface area contributed by atoms with Gasteiger partial charge in [0.25, 0.3) is 0 Å². The Hall–Kier alpha value is -3.90. The minimum absolute atomic E-state index is 0.136. The minimum atomic E-state index is -4.48. The van der Waals surface area contributed by atoms with Gasteiger partial charge in [0, 0.05) is 24.7 Å². The predicted molar refractivity (Wildman–Crippen MR) is 130 cm³/mol. The zero-order valence-corrected chi connectivity index (χ0v) is 19.5. The first-order valence-corrected chi connectivity index (χ1v) is 11.6. The fourth-order valence-corrected chi connectivity index (χ4v) is 4.50. The molecule has 0 radical (unpaired) electrons. The lowest BCUT2D eigenvalue weighted by atomic mass is 10.0. The number of rotatable bonds is 6. The first kappa shape index (κ1) is 24.8. The van der Waals surface area contributed by atoms with E-state index in [1.54, 1.807) is 41.4 Å². The van der Waals surface area contributed by atoms with Crippen molar-refractivity contribution in [2.75, 3.05) is 41.4 Å². The molecule has 4 heterocycles. The van der Waals surface area contributed by atoms with Crippen LogP contribution in [0.4, 0.5) is 35.2 Å². The lowest BCUT2D eigenvalue weighted by molar-refractivity contribution is -0.137. The highest BCUT2D eigenvalue weighted by Crippen LogP contribution is 2.42. The van der Waals surface area contributed by atoms with Crippen molar-refractivity contribution in [2.24, 2.45) is 0 Å². The summed E-state index contributed by atoms with van der Waals surface area (Å²) in [5, 5.41) is 21.2. The van der Waals surface area contributed by atoms with Crippen molar-refractivity contribution >= 4 is 23.2 Å². The molecule has 2 aliphatic rings. The number of carbonyl (C=O) groups excluding carboxylic acids is 1. The maximum atomic E-state index is 13.4. The first-order chi connectivity index (χ1) is 17.7. The maximum absolute atomic E-state index is 13.4. The third-order valence-electron chi connectivity index (χ3n) is 6.29. The number of aliphatic hydroxyl groups excluding tert-OH is 2. The number of nitrogens with one attached hydrogen (secondary N) is 1. The van der Waals surface area contributed by atoms with Crippen molar-refractivity contribution in [3.63, 3.8) is 0 Å². The molecule has 2 amide bonds. The fraction of sp³-hybridized carbons (Fsp3) is 0.320. The maximum Gasteiger partial charge on any atom is 0.416 e. The summed E-state index contributed by atoms with van der Waals surface area (Å²) in [6, 6.07) is 10.7. The van der Waals surface area contributed by atoms with E-state index >= 15 is 0 Å². The molecule has 0 spiro atoms. The number of halogens is 3. The molecule has 12 heteroatoms. The number of pyridine rings is 2. The van der Waals surface area contributed by atoms with Gasteiger partial charge in [-0.3, -0.25) is 15.2 Å². The molecule has 3 aromatic rings. The molecule has 9 nitrogen and oxygen atoms in total. The number of ether oxygens (including phenoxy) is 1. The van der Waals surface area contributed by atoms with Crippen molar-refractivity contribution in [1.29, 1.82) is 0 Å². The Morgan fingerprint density at radius 1 is 1.19 bits per heavy atom. The van der Waals surface area contributed by atoms with Gasteiger partial charge in [0.1, 0.15) is 18.5 Å². The van der Waals surface area contributed by atoms with Crippen LogP contribution in [0, 0.1) is 0 Å². The Labute approximate surface area is 210 Å². The van der Waals surface area contributed by atoms with Crippen molar-refractivity contribution in [3.05, 3.63) is 60.3 Å². The lowest BCUT2D eigenvalue weighted by Crippen LogP contribution is -2.48. The van der Waals surface area contributed by atoms with E-state index in [-0.39, 0.29) is 24.3 Å². The number of nitrogens with zero attached hydrogens (tertiary/aromatic N) is 4. The molecule has 194 valence electrons. The molecule has 0 saturated carbocycles. The molecule has 3 N–H and O–H groups in total. The van der Waals surface area contributed by atoms with Crippen LogP contribution < -0.4 is 19.9 Å².